The first-order chi connectivity index (χ1) is 13.8. The third-order valence-corrected chi connectivity index (χ3v) is 5.30. The van der Waals surface area contributed by atoms with E-state index in [9.17, 15) is 18.0 Å². The van der Waals surface area contributed by atoms with Gasteiger partial charge in [0, 0.05) is 18.2 Å². The Bertz CT molecular complexity index is 924. The summed E-state index contributed by atoms with van der Waals surface area (Å²) >= 11 is 0. The van der Waals surface area contributed by atoms with Crippen LogP contribution in [0.1, 0.15) is 35.8 Å². The summed E-state index contributed by atoms with van der Waals surface area (Å²) in [5, 5.41) is 9.71. The van der Waals surface area contributed by atoms with Crippen molar-refractivity contribution in [2.75, 3.05) is 24.9 Å². The van der Waals surface area contributed by atoms with Crippen molar-refractivity contribution in [3.05, 3.63) is 30.0 Å². The number of hydrogen-bond donors (Lipinski definition) is 2. The van der Waals surface area contributed by atoms with Crippen molar-refractivity contribution < 1.29 is 27.4 Å². The van der Waals surface area contributed by atoms with Crippen LogP contribution < -0.4 is 20.1 Å². The van der Waals surface area contributed by atoms with Crippen LogP contribution >= 0.6 is 0 Å². The van der Waals surface area contributed by atoms with Crippen molar-refractivity contribution in [2.45, 2.75) is 37.5 Å². The van der Waals surface area contributed by atoms with Gasteiger partial charge in [0.05, 0.1) is 19.9 Å². The second-order valence-electron chi connectivity index (χ2n) is 7.26. The number of anilines is 2. The van der Waals surface area contributed by atoms with Crippen LogP contribution in [0.3, 0.4) is 0 Å². The zero-order chi connectivity index (χ0) is 20.8. The lowest BCUT2D eigenvalue weighted by atomic mass is 10.0. The molecule has 1 aromatic carbocycles. The van der Waals surface area contributed by atoms with Gasteiger partial charge in [-0.1, -0.05) is 0 Å². The standard InChI is InChI=1S/C19H21F3N4O3/c1-28-11-5-6-12(15(7-11)29-2)24-18(27)14-9-17-23-13(10-3-4-10)8-16(19(20,21)22)26(17)25-14/h5-7,9-10,13,16,23H,3-4,8H2,1-2H3,(H,24,27). The number of nitrogens with zero attached hydrogens (tertiary/aromatic N) is 2. The van der Waals surface area contributed by atoms with Gasteiger partial charge in [-0.05, 0) is 37.3 Å². The Hall–Kier alpha value is -2.91. The minimum Gasteiger partial charge on any atom is -0.497 e. The molecule has 0 radical (unpaired) electrons. The van der Waals surface area contributed by atoms with E-state index in [4.69, 9.17) is 9.47 Å². The van der Waals surface area contributed by atoms with E-state index in [1.807, 2.05) is 0 Å². The third kappa shape index (κ3) is 3.83. The van der Waals surface area contributed by atoms with E-state index in [-0.39, 0.29) is 29.9 Å². The molecule has 2 aliphatic rings. The fourth-order valence-corrected chi connectivity index (χ4v) is 3.61. The maximum atomic E-state index is 13.6. The third-order valence-electron chi connectivity index (χ3n) is 5.30. The number of carbonyl (C=O) groups is 1. The van der Waals surface area contributed by atoms with E-state index < -0.39 is 18.1 Å². The van der Waals surface area contributed by atoms with Crippen LogP contribution in [0.2, 0.25) is 0 Å². The Kier molecular flexibility index (Phi) is 4.79. The average molecular weight is 410 g/mol. The average Bonchev–Trinajstić information content (AvgIpc) is 3.45. The van der Waals surface area contributed by atoms with Crippen LogP contribution in [0.15, 0.2) is 24.3 Å². The highest BCUT2D eigenvalue weighted by Crippen LogP contribution is 2.45. The van der Waals surface area contributed by atoms with Gasteiger partial charge in [-0.25, -0.2) is 4.68 Å². The molecule has 2 N–H and O–H groups in total. The van der Waals surface area contributed by atoms with Crippen molar-refractivity contribution in [3.8, 4) is 11.5 Å². The molecule has 2 atom stereocenters. The fraction of sp³-hybridized carbons (Fsp3) is 0.474. The number of carbonyl (C=O) groups excluding carboxylic acids is 1. The Labute approximate surface area is 165 Å². The van der Waals surface area contributed by atoms with Crippen molar-refractivity contribution in [1.82, 2.24) is 9.78 Å². The lowest BCUT2D eigenvalue weighted by Gasteiger charge is -2.33. The van der Waals surface area contributed by atoms with Gasteiger partial charge < -0.3 is 20.1 Å². The van der Waals surface area contributed by atoms with Crippen LogP contribution in [-0.2, 0) is 0 Å². The second-order valence-corrected chi connectivity index (χ2v) is 7.26. The highest BCUT2D eigenvalue weighted by atomic mass is 19.4. The molecule has 1 amide bonds. The number of aromatic nitrogens is 2. The number of alkyl halides is 3. The Morgan fingerprint density at radius 3 is 2.62 bits per heavy atom. The largest absolute Gasteiger partial charge is 0.497 e. The quantitative estimate of drug-likeness (QED) is 0.783. The summed E-state index contributed by atoms with van der Waals surface area (Å²) < 4.78 is 52.0. The van der Waals surface area contributed by atoms with Crippen LogP contribution in [0.4, 0.5) is 24.7 Å². The molecule has 1 fully saturated rings. The van der Waals surface area contributed by atoms with E-state index in [1.54, 1.807) is 18.2 Å². The normalized spacial score (nSPS) is 21.1. The number of benzene rings is 1. The molecule has 4 rings (SSSR count). The molecule has 0 saturated heterocycles. The predicted octanol–water partition coefficient (Wildman–Crippen LogP) is 3.85. The molecule has 1 aliphatic carbocycles. The van der Waals surface area contributed by atoms with Crippen molar-refractivity contribution in [1.29, 1.82) is 0 Å². The van der Waals surface area contributed by atoms with Crippen LogP contribution in [0, 0.1) is 5.92 Å². The van der Waals surface area contributed by atoms with Crippen LogP contribution in [-0.4, -0.2) is 42.1 Å². The maximum Gasteiger partial charge on any atom is 0.410 e. The Morgan fingerprint density at radius 1 is 1.24 bits per heavy atom. The first-order valence-corrected chi connectivity index (χ1v) is 9.26. The van der Waals surface area contributed by atoms with Gasteiger partial charge in [-0.2, -0.15) is 18.3 Å². The molecule has 29 heavy (non-hydrogen) atoms. The monoisotopic (exact) mass is 410 g/mol. The molecule has 10 heteroatoms. The summed E-state index contributed by atoms with van der Waals surface area (Å²) in [6.07, 6.45) is -2.69. The molecule has 2 aromatic rings. The summed E-state index contributed by atoms with van der Waals surface area (Å²) in [6.45, 7) is 0. The summed E-state index contributed by atoms with van der Waals surface area (Å²) in [4.78, 5) is 12.7. The van der Waals surface area contributed by atoms with Gasteiger partial charge in [0.25, 0.3) is 5.91 Å². The molecule has 2 heterocycles. The van der Waals surface area contributed by atoms with Gasteiger partial charge >= 0.3 is 6.18 Å². The highest BCUT2D eigenvalue weighted by Gasteiger charge is 2.49. The van der Waals surface area contributed by atoms with Crippen LogP contribution in [0.25, 0.3) is 0 Å². The summed E-state index contributed by atoms with van der Waals surface area (Å²) in [5.74, 6) is 0.732. The number of hydrogen-bond acceptors (Lipinski definition) is 5. The lowest BCUT2D eigenvalue weighted by molar-refractivity contribution is -0.174. The lowest BCUT2D eigenvalue weighted by Crippen LogP contribution is -2.40. The second kappa shape index (κ2) is 7.16. The molecule has 2 unspecified atom stereocenters. The highest BCUT2D eigenvalue weighted by molar-refractivity contribution is 6.04. The number of ether oxygens (including phenoxy) is 2. The van der Waals surface area contributed by atoms with Gasteiger partial charge in [0.15, 0.2) is 11.7 Å². The number of fused-ring (bicyclic) bond motifs is 1. The zero-order valence-electron chi connectivity index (χ0n) is 15.9. The fourth-order valence-electron chi connectivity index (χ4n) is 3.61. The minimum absolute atomic E-state index is 0.0871. The van der Waals surface area contributed by atoms with E-state index >= 15 is 0 Å². The predicted molar refractivity (Wildman–Crippen MR) is 99.6 cm³/mol. The molecule has 1 aromatic heterocycles. The van der Waals surface area contributed by atoms with Crippen molar-refractivity contribution in [2.24, 2.45) is 5.92 Å². The number of halogens is 3. The summed E-state index contributed by atoms with van der Waals surface area (Å²) in [6, 6.07) is 4.17. The zero-order valence-corrected chi connectivity index (χ0v) is 15.9. The topological polar surface area (TPSA) is 77.4 Å². The molecule has 1 saturated carbocycles. The van der Waals surface area contributed by atoms with Gasteiger partial charge in [0.1, 0.15) is 17.3 Å². The molecule has 0 spiro atoms. The van der Waals surface area contributed by atoms with Crippen molar-refractivity contribution >= 4 is 17.4 Å². The molecular weight excluding hydrogens is 389 g/mol. The van der Waals surface area contributed by atoms with E-state index in [1.165, 1.54) is 20.3 Å². The number of amides is 1. The summed E-state index contributed by atoms with van der Waals surface area (Å²) in [5.41, 5.74) is 0.261. The smallest absolute Gasteiger partial charge is 0.410 e. The number of rotatable bonds is 5. The minimum atomic E-state index is -4.44. The van der Waals surface area contributed by atoms with Gasteiger partial charge in [-0.15, -0.1) is 0 Å². The maximum absolute atomic E-state index is 13.6. The van der Waals surface area contributed by atoms with E-state index in [0.29, 0.717) is 17.2 Å². The van der Waals surface area contributed by atoms with Crippen molar-refractivity contribution in [3.63, 3.8) is 0 Å². The van der Waals surface area contributed by atoms with E-state index in [0.717, 1.165) is 17.5 Å². The van der Waals surface area contributed by atoms with Crippen LogP contribution in [0.5, 0.6) is 11.5 Å². The number of nitrogens with one attached hydrogen (secondary N) is 2. The first-order valence-electron chi connectivity index (χ1n) is 9.26. The molecule has 1 aliphatic heterocycles. The van der Waals surface area contributed by atoms with Gasteiger partial charge in [-0.3, -0.25) is 4.79 Å². The molecule has 0 bridgehead atoms. The SMILES string of the molecule is COc1ccc(NC(=O)c2cc3n(n2)C(C(F)(F)F)CC(C2CC2)N3)c(OC)c1. The molecule has 7 nitrogen and oxygen atoms in total. The van der Waals surface area contributed by atoms with Gasteiger partial charge in [0.2, 0.25) is 0 Å². The Morgan fingerprint density at radius 2 is 2.00 bits per heavy atom. The Balaban J connectivity index is 1.60. The molecule has 156 valence electrons. The van der Waals surface area contributed by atoms with E-state index in [2.05, 4.69) is 15.7 Å². The first kappa shape index (κ1) is 19.4. The number of methoxy groups -OCH3 is 2. The summed E-state index contributed by atoms with van der Waals surface area (Å²) in [7, 11) is 2.94. The molecular formula is C19H21F3N4O3.